The normalized spacial score (nSPS) is 9.68. The van der Waals surface area contributed by atoms with Crippen molar-refractivity contribution >= 4 is 23.3 Å². The van der Waals surface area contributed by atoms with Crippen molar-refractivity contribution in [3.05, 3.63) is 58.7 Å². The minimum atomic E-state index is -0.167. The van der Waals surface area contributed by atoms with Crippen molar-refractivity contribution in [3.8, 4) is 6.07 Å². The Morgan fingerprint density at radius 3 is 2.58 bits per heavy atom. The lowest BCUT2D eigenvalue weighted by atomic mass is 10.1. The number of rotatable bonds is 3. The van der Waals surface area contributed by atoms with Crippen LogP contribution in [0, 0.1) is 11.3 Å². The predicted molar refractivity (Wildman–Crippen MR) is 72.7 cm³/mol. The number of aromatic nitrogens is 1. The smallest absolute Gasteiger partial charge is 0.229 e. The van der Waals surface area contributed by atoms with E-state index in [4.69, 9.17) is 16.9 Å². The summed E-state index contributed by atoms with van der Waals surface area (Å²) in [6.07, 6.45) is 1.66. The fourth-order valence-electron chi connectivity index (χ4n) is 1.51. The molecule has 0 fully saturated rings. The quantitative estimate of drug-likeness (QED) is 0.933. The number of pyridine rings is 1. The van der Waals surface area contributed by atoms with E-state index in [9.17, 15) is 4.79 Å². The second kappa shape index (κ2) is 5.98. The molecule has 1 amide bonds. The SMILES string of the molecule is N#Cc1ccc(NC(=O)Cc2ccc(Cl)cc2)nc1. The maximum atomic E-state index is 11.8. The molecule has 1 heterocycles. The first-order chi connectivity index (χ1) is 9.17. The molecule has 0 atom stereocenters. The highest BCUT2D eigenvalue weighted by atomic mass is 35.5. The van der Waals surface area contributed by atoms with Crippen molar-refractivity contribution < 1.29 is 4.79 Å². The number of hydrogen-bond donors (Lipinski definition) is 1. The maximum Gasteiger partial charge on any atom is 0.229 e. The molecule has 2 rings (SSSR count). The zero-order chi connectivity index (χ0) is 13.7. The van der Waals surface area contributed by atoms with Gasteiger partial charge < -0.3 is 5.32 Å². The number of amides is 1. The molecule has 1 N–H and O–H groups in total. The van der Waals surface area contributed by atoms with Crippen LogP contribution in [0.15, 0.2) is 42.6 Å². The van der Waals surface area contributed by atoms with Crippen LogP contribution in [0.25, 0.3) is 0 Å². The molecule has 0 radical (unpaired) electrons. The Morgan fingerprint density at radius 2 is 2.00 bits per heavy atom. The summed E-state index contributed by atoms with van der Waals surface area (Å²) in [5.74, 6) is 0.262. The molecule has 0 unspecified atom stereocenters. The lowest BCUT2D eigenvalue weighted by molar-refractivity contribution is -0.115. The standard InChI is InChI=1S/C14H10ClN3O/c15-12-4-1-10(2-5-12)7-14(19)18-13-6-3-11(8-16)9-17-13/h1-6,9H,7H2,(H,17,18,19). The fraction of sp³-hybridized carbons (Fsp3) is 0.0714. The Bertz CT molecular complexity index is 615. The second-order valence-electron chi connectivity index (χ2n) is 3.90. The third-order valence-electron chi connectivity index (χ3n) is 2.44. The van der Waals surface area contributed by atoms with E-state index in [1.807, 2.05) is 6.07 Å². The molecule has 2 aromatic rings. The van der Waals surface area contributed by atoms with Gasteiger partial charge in [-0.25, -0.2) is 4.98 Å². The Morgan fingerprint density at radius 1 is 1.26 bits per heavy atom. The first-order valence-corrected chi connectivity index (χ1v) is 5.95. The molecule has 1 aromatic heterocycles. The van der Waals surface area contributed by atoms with Gasteiger partial charge in [0.25, 0.3) is 0 Å². The summed E-state index contributed by atoms with van der Waals surface area (Å²) in [5.41, 5.74) is 1.33. The van der Waals surface area contributed by atoms with Crippen LogP contribution in [-0.4, -0.2) is 10.9 Å². The van der Waals surface area contributed by atoms with E-state index in [1.54, 1.807) is 36.4 Å². The number of carbonyl (C=O) groups excluding carboxylic acids is 1. The van der Waals surface area contributed by atoms with Crippen molar-refractivity contribution in [2.24, 2.45) is 0 Å². The molecule has 0 aliphatic carbocycles. The number of nitrogens with zero attached hydrogens (tertiary/aromatic N) is 2. The minimum absolute atomic E-state index is 0.167. The van der Waals surface area contributed by atoms with Gasteiger partial charge in [-0.3, -0.25) is 4.79 Å². The summed E-state index contributed by atoms with van der Waals surface area (Å²) >= 11 is 5.77. The van der Waals surface area contributed by atoms with Crippen LogP contribution in [0.1, 0.15) is 11.1 Å². The molecule has 0 saturated carbocycles. The van der Waals surface area contributed by atoms with Crippen LogP contribution in [-0.2, 0) is 11.2 Å². The molecule has 4 nitrogen and oxygen atoms in total. The predicted octanol–water partition coefficient (Wildman–Crippen LogP) is 2.79. The highest BCUT2D eigenvalue weighted by Gasteiger charge is 2.05. The molecule has 94 valence electrons. The Labute approximate surface area is 115 Å². The lowest BCUT2D eigenvalue weighted by Gasteiger charge is -2.04. The van der Waals surface area contributed by atoms with E-state index in [0.29, 0.717) is 16.4 Å². The number of anilines is 1. The zero-order valence-corrected chi connectivity index (χ0v) is 10.7. The van der Waals surface area contributed by atoms with Crippen LogP contribution in [0.2, 0.25) is 5.02 Å². The van der Waals surface area contributed by atoms with Gasteiger partial charge in [0.1, 0.15) is 11.9 Å². The van der Waals surface area contributed by atoms with E-state index in [1.165, 1.54) is 6.20 Å². The van der Waals surface area contributed by atoms with Crippen LogP contribution in [0.4, 0.5) is 5.82 Å². The molecule has 1 aromatic carbocycles. The first kappa shape index (κ1) is 13.1. The van der Waals surface area contributed by atoms with Crippen LogP contribution >= 0.6 is 11.6 Å². The molecule has 0 bridgehead atoms. The highest BCUT2D eigenvalue weighted by molar-refractivity contribution is 6.30. The molecular weight excluding hydrogens is 262 g/mol. The summed E-state index contributed by atoms with van der Waals surface area (Å²) in [7, 11) is 0. The van der Waals surface area contributed by atoms with Crippen LogP contribution < -0.4 is 5.32 Å². The highest BCUT2D eigenvalue weighted by Crippen LogP contribution is 2.11. The Hall–Kier alpha value is -2.38. The number of benzene rings is 1. The first-order valence-electron chi connectivity index (χ1n) is 5.58. The van der Waals surface area contributed by atoms with Crippen molar-refractivity contribution in [1.29, 1.82) is 5.26 Å². The fourth-order valence-corrected chi connectivity index (χ4v) is 1.63. The van der Waals surface area contributed by atoms with Gasteiger partial charge in [0, 0.05) is 11.2 Å². The van der Waals surface area contributed by atoms with E-state index >= 15 is 0 Å². The number of carbonyl (C=O) groups is 1. The van der Waals surface area contributed by atoms with Gasteiger partial charge in [0.15, 0.2) is 0 Å². The van der Waals surface area contributed by atoms with E-state index in [-0.39, 0.29) is 12.3 Å². The van der Waals surface area contributed by atoms with Gasteiger partial charge in [-0.15, -0.1) is 0 Å². The third kappa shape index (κ3) is 3.80. The van der Waals surface area contributed by atoms with Crippen LogP contribution in [0.5, 0.6) is 0 Å². The average Bonchev–Trinajstić information content (AvgIpc) is 2.42. The molecule has 0 aliphatic rings. The van der Waals surface area contributed by atoms with Crippen molar-refractivity contribution in [2.45, 2.75) is 6.42 Å². The molecule has 0 aliphatic heterocycles. The van der Waals surface area contributed by atoms with Gasteiger partial charge in [-0.1, -0.05) is 23.7 Å². The Kier molecular flexibility index (Phi) is 4.11. The zero-order valence-electron chi connectivity index (χ0n) is 9.93. The number of halogens is 1. The average molecular weight is 272 g/mol. The largest absolute Gasteiger partial charge is 0.310 e. The lowest BCUT2D eigenvalue weighted by Crippen LogP contribution is -2.15. The van der Waals surface area contributed by atoms with Gasteiger partial charge in [0.05, 0.1) is 12.0 Å². The van der Waals surface area contributed by atoms with E-state index in [0.717, 1.165) is 5.56 Å². The number of nitrogens with one attached hydrogen (secondary N) is 1. The summed E-state index contributed by atoms with van der Waals surface area (Å²) in [6.45, 7) is 0. The number of nitriles is 1. The second-order valence-corrected chi connectivity index (χ2v) is 4.33. The van der Waals surface area contributed by atoms with Crippen molar-refractivity contribution in [2.75, 3.05) is 5.32 Å². The molecule has 5 heteroatoms. The van der Waals surface area contributed by atoms with Gasteiger partial charge in [-0.2, -0.15) is 5.26 Å². The molecule has 0 saturated heterocycles. The summed E-state index contributed by atoms with van der Waals surface area (Å²) < 4.78 is 0. The molecule has 19 heavy (non-hydrogen) atoms. The topological polar surface area (TPSA) is 65.8 Å². The Balaban J connectivity index is 1.97. The maximum absolute atomic E-state index is 11.8. The third-order valence-corrected chi connectivity index (χ3v) is 2.69. The summed E-state index contributed by atoms with van der Waals surface area (Å²) in [4.78, 5) is 15.7. The van der Waals surface area contributed by atoms with Crippen molar-refractivity contribution in [3.63, 3.8) is 0 Å². The van der Waals surface area contributed by atoms with Gasteiger partial charge in [-0.05, 0) is 29.8 Å². The monoisotopic (exact) mass is 271 g/mol. The summed E-state index contributed by atoms with van der Waals surface area (Å²) in [5, 5.41) is 11.9. The number of hydrogen-bond acceptors (Lipinski definition) is 3. The molecule has 0 spiro atoms. The summed E-state index contributed by atoms with van der Waals surface area (Å²) in [6, 6.07) is 12.2. The van der Waals surface area contributed by atoms with Crippen LogP contribution in [0.3, 0.4) is 0 Å². The minimum Gasteiger partial charge on any atom is -0.310 e. The van der Waals surface area contributed by atoms with Gasteiger partial charge >= 0.3 is 0 Å². The van der Waals surface area contributed by atoms with E-state index < -0.39 is 0 Å². The van der Waals surface area contributed by atoms with Gasteiger partial charge in [0.2, 0.25) is 5.91 Å². The van der Waals surface area contributed by atoms with E-state index in [2.05, 4.69) is 10.3 Å². The van der Waals surface area contributed by atoms with Crippen molar-refractivity contribution in [1.82, 2.24) is 4.98 Å². The molecular formula is C14H10ClN3O.